The Hall–Kier alpha value is -3.11. The first kappa shape index (κ1) is 36.1. The molecule has 1 N–H and O–H groups in total. The van der Waals surface area contributed by atoms with E-state index in [4.69, 9.17) is 18.9 Å². The Morgan fingerprint density at radius 3 is 2.05 bits per heavy atom. The lowest BCUT2D eigenvalue weighted by Gasteiger charge is -2.29. The van der Waals surface area contributed by atoms with Gasteiger partial charge in [-0.15, -0.1) is 0 Å². The summed E-state index contributed by atoms with van der Waals surface area (Å²) in [6.07, 6.45) is -1.17. The SMILES string of the molecule is COC(=O)[C@H](Cc1cc(Br)cc(CN(CCO[C@H](C(=O)OC(C)(C)C)C(C)C)c2ccccc2)c1)NC(=O)OC(C)(C)C. The van der Waals surface area contributed by atoms with Gasteiger partial charge in [0.05, 0.1) is 13.7 Å². The Kier molecular flexibility index (Phi) is 13.5. The van der Waals surface area contributed by atoms with Crippen LogP contribution in [0.5, 0.6) is 0 Å². The third-order valence-electron chi connectivity index (χ3n) is 6.03. The van der Waals surface area contributed by atoms with Crippen LogP contribution in [0.3, 0.4) is 0 Å². The minimum atomic E-state index is -0.929. The third kappa shape index (κ3) is 13.4. The molecule has 0 fully saturated rings. The summed E-state index contributed by atoms with van der Waals surface area (Å²) in [5.41, 5.74) is 1.48. The molecule has 0 aliphatic heterocycles. The van der Waals surface area contributed by atoms with Crippen molar-refractivity contribution in [1.29, 1.82) is 0 Å². The average molecular weight is 664 g/mol. The molecule has 0 aliphatic rings. The van der Waals surface area contributed by atoms with E-state index in [0.29, 0.717) is 19.7 Å². The summed E-state index contributed by atoms with van der Waals surface area (Å²) in [6, 6.07) is 14.9. The molecule has 10 heteroatoms. The number of methoxy groups -OCH3 is 1. The van der Waals surface area contributed by atoms with E-state index in [1.54, 1.807) is 20.8 Å². The lowest BCUT2D eigenvalue weighted by Crippen LogP contribution is -2.45. The Balaban J connectivity index is 2.23. The maximum atomic E-state index is 12.8. The number of nitrogens with zero attached hydrogens (tertiary/aromatic N) is 1. The summed E-state index contributed by atoms with van der Waals surface area (Å²) < 4.78 is 22.8. The Morgan fingerprint density at radius 2 is 1.49 bits per heavy atom. The van der Waals surface area contributed by atoms with Crippen molar-refractivity contribution in [3.05, 3.63) is 64.1 Å². The first-order valence-electron chi connectivity index (χ1n) is 14.5. The van der Waals surface area contributed by atoms with Crippen LogP contribution in [0.2, 0.25) is 0 Å². The normalized spacial score (nSPS) is 13.2. The number of halogens is 1. The number of esters is 2. The number of alkyl carbamates (subject to hydrolysis) is 1. The van der Waals surface area contributed by atoms with E-state index in [9.17, 15) is 14.4 Å². The van der Waals surface area contributed by atoms with Crippen molar-refractivity contribution < 1.29 is 33.3 Å². The van der Waals surface area contributed by atoms with Gasteiger partial charge in [-0.05, 0) is 82.9 Å². The smallest absolute Gasteiger partial charge is 0.408 e. The number of hydrogen-bond acceptors (Lipinski definition) is 8. The topological polar surface area (TPSA) is 103 Å². The predicted octanol–water partition coefficient (Wildman–Crippen LogP) is 6.45. The minimum Gasteiger partial charge on any atom is -0.467 e. The van der Waals surface area contributed by atoms with Crippen molar-refractivity contribution in [1.82, 2.24) is 5.32 Å². The van der Waals surface area contributed by atoms with E-state index in [-0.39, 0.29) is 18.3 Å². The number of carbonyl (C=O) groups is 3. The van der Waals surface area contributed by atoms with E-state index >= 15 is 0 Å². The number of hydrogen-bond donors (Lipinski definition) is 1. The summed E-state index contributed by atoms with van der Waals surface area (Å²) >= 11 is 3.60. The molecule has 0 aromatic heterocycles. The van der Waals surface area contributed by atoms with Gasteiger partial charge in [-0.2, -0.15) is 0 Å². The lowest BCUT2D eigenvalue weighted by atomic mass is 10.0. The molecule has 0 aliphatic carbocycles. The summed E-state index contributed by atoms with van der Waals surface area (Å²) in [7, 11) is 1.28. The second kappa shape index (κ2) is 16.1. The molecule has 0 spiro atoms. The van der Waals surface area contributed by atoms with Crippen LogP contribution in [0.25, 0.3) is 0 Å². The largest absolute Gasteiger partial charge is 0.467 e. The molecule has 43 heavy (non-hydrogen) atoms. The van der Waals surface area contributed by atoms with Crippen LogP contribution in [0.4, 0.5) is 10.5 Å². The number of para-hydroxylation sites is 1. The molecule has 0 unspecified atom stereocenters. The van der Waals surface area contributed by atoms with E-state index in [0.717, 1.165) is 21.3 Å². The molecule has 0 heterocycles. The third-order valence-corrected chi connectivity index (χ3v) is 6.49. The number of nitrogens with one attached hydrogen (secondary N) is 1. The molecule has 1 amide bonds. The van der Waals surface area contributed by atoms with Gasteiger partial charge in [0.1, 0.15) is 17.2 Å². The molecule has 2 aromatic rings. The predicted molar refractivity (Wildman–Crippen MR) is 171 cm³/mol. The van der Waals surface area contributed by atoms with Crippen molar-refractivity contribution in [3.63, 3.8) is 0 Å². The Morgan fingerprint density at radius 1 is 0.884 bits per heavy atom. The van der Waals surface area contributed by atoms with Crippen LogP contribution in [-0.2, 0) is 41.5 Å². The van der Waals surface area contributed by atoms with Crippen LogP contribution < -0.4 is 10.2 Å². The highest BCUT2D eigenvalue weighted by atomic mass is 79.9. The van der Waals surface area contributed by atoms with Gasteiger partial charge in [0.15, 0.2) is 6.10 Å². The van der Waals surface area contributed by atoms with E-state index in [2.05, 4.69) is 26.1 Å². The van der Waals surface area contributed by atoms with E-state index in [1.807, 2.05) is 83.1 Å². The standard InChI is InChI=1S/C33H47BrN2O7/c1-22(2)28(30(38)42-32(3,4)5)41-16-15-36(26-13-11-10-12-14-26)21-24-17-23(18-25(34)19-24)20-27(29(37)40-9)35-31(39)43-33(6,7)8/h10-14,17-19,22,27-28H,15-16,20-21H2,1-9H3,(H,35,39)/t27-,28-/m0/s1. The van der Waals surface area contributed by atoms with Crippen LogP contribution in [0.1, 0.15) is 66.5 Å². The maximum absolute atomic E-state index is 12.8. The van der Waals surface area contributed by atoms with Gasteiger partial charge in [-0.3, -0.25) is 0 Å². The number of rotatable bonds is 13. The highest BCUT2D eigenvalue weighted by Gasteiger charge is 2.29. The summed E-state index contributed by atoms with van der Waals surface area (Å²) in [5, 5.41) is 2.63. The zero-order valence-corrected chi connectivity index (χ0v) is 28.4. The van der Waals surface area contributed by atoms with Crippen LogP contribution in [-0.4, -0.2) is 61.6 Å². The fraction of sp³-hybridized carbons (Fsp3) is 0.545. The van der Waals surface area contributed by atoms with E-state index in [1.165, 1.54) is 7.11 Å². The molecule has 238 valence electrons. The highest BCUT2D eigenvalue weighted by Crippen LogP contribution is 2.23. The second-order valence-corrected chi connectivity index (χ2v) is 13.6. The zero-order chi connectivity index (χ0) is 32.4. The summed E-state index contributed by atoms with van der Waals surface area (Å²) in [5.74, 6) is -0.990. The first-order valence-corrected chi connectivity index (χ1v) is 15.3. The molecule has 9 nitrogen and oxygen atoms in total. The molecule has 0 saturated heterocycles. The van der Waals surface area contributed by atoms with Gasteiger partial charge in [0.2, 0.25) is 0 Å². The number of benzene rings is 2. The average Bonchev–Trinajstić information content (AvgIpc) is 2.87. The van der Waals surface area contributed by atoms with Gasteiger partial charge < -0.3 is 29.2 Å². The van der Waals surface area contributed by atoms with E-state index < -0.39 is 35.4 Å². The molecule has 0 radical (unpaired) electrons. The van der Waals surface area contributed by atoms with Crippen molar-refractivity contribution >= 4 is 39.6 Å². The zero-order valence-electron chi connectivity index (χ0n) is 26.9. The number of anilines is 1. The number of carbonyl (C=O) groups excluding carboxylic acids is 3. The molecule has 0 bridgehead atoms. The molecular weight excluding hydrogens is 616 g/mol. The van der Waals surface area contributed by atoms with Gasteiger partial charge in [0, 0.05) is 29.7 Å². The van der Waals surface area contributed by atoms with Crippen LogP contribution >= 0.6 is 15.9 Å². The summed E-state index contributed by atoms with van der Waals surface area (Å²) in [6.45, 7) is 16.0. The van der Waals surface area contributed by atoms with Crippen molar-refractivity contribution in [3.8, 4) is 0 Å². The summed E-state index contributed by atoms with van der Waals surface area (Å²) in [4.78, 5) is 39.9. The van der Waals surface area contributed by atoms with Gasteiger partial charge in [0.25, 0.3) is 0 Å². The minimum absolute atomic E-state index is 0.0512. The van der Waals surface area contributed by atoms with Gasteiger partial charge in [-0.25, -0.2) is 14.4 Å². The van der Waals surface area contributed by atoms with Gasteiger partial charge >= 0.3 is 18.0 Å². The fourth-order valence-electron chi connectivity index (χ4n) is 4.29. The second-order valence-electron chi connectivity index (χ2n) is 12.7. The molecular formula is C33H47BrN2O7. The lowest BCUT2D eigenvalue weighted by molar-refractivity contribution is -0.171. The first-order chi connectivity index (χ1) is 20.0. The Labute approximate surface area is 264 Å². The van der Waals surface area contributed by atoms with Gasteiger partial charge in [-0.1, -0.05) is 54.0 Å². The molecule has 2 rings (SSSR count). The molecule has 2 aromatic carbocycles. The molecule has 0 saturated carbocycles. The van der Waals surface area contributed by atoms with Crippen LogP contribution in [0.15, 0.2) is 53.0 Å². The molecule has 2 atom stereocenters. The highest BCUT2D eigenvalue weighted by molar-refractivity contribution is 9.10. The number of ether oxygens (including phenoxy) is 4. The maximum Gasteiger partial charge on any atom is 0.408 e. The van der Waals surface area contributed by atoms with Crippen LogP contribution in [0, 0.1) is 5.92 Å². The quantitative estimate of drug-likeness (QED) is 0.193. The van der Waals surface area contributed by atoms with Crippen molar-refractivity contribution in [2.75, 3.05) is 25.2 Å². The monoisotopic (exact) mass is 662 g/mol. The fourth-order valence-corrected chi connectivity index (χ4v) is 4.88. The Bertz CT molecular complexity index is 1210. The van der Waals surface area contributed by atoms with Crippen molar-refractivity contribution in [2.24, 2.45) is 5.92 Å². The van der Waals surface area contributed by atoms with Crippen molar-refractivity contribution in [2.45, 2.75) is 91.7 Å². The number of amides is 1.